The number of benzene rings is 3. The number of aryl methyl sites for hydroxylation is 1. The van der Waals surface area contributed by atoms with Crippen molar-refractivity contribution in [2.24, 2.45) is 0 Å². The van der Waals surface area contributed by atoms with E-state index in [9.17, 15) is 14.9 Å². The molecule has 29 heavy (non-hydrogen) atoms. The summed E-state index contributed by atoms with van der Waals surface area (Å²) < 4.78 is 11.1. The van der Waals surface area contributed by atoms with E-state index < -0.39 is 4.92 Å². The van der Waals surface area contributed by atoms with Crippen LogP contribution in [0.4, 0.5) is 5.69 Å². The zero-order valence-corrected chi connectivity index (χ0v) is 16.0. The molecule has 0 saturated carbocycles. The number of non-ortho nitro benzene ring substituents is 1. The maximum absolute atomic E-state index is 12.4. The van der Waals surface area contributed by atoms with Crippen molar-refractivity contribution in [3.8, 4) is 17.2 Å². The average molecular weight is 392 g/mol. The quantitative estimate of drug-likeness (QED) is 0.467. The standard InChI is InChI=1S/C22H20N2O5/c1-15-13-17(24(26)27)9-12-19(15)22(25)23-14-16-7-10-18(11-8-16)29-21-6-4-3-5-20(21)28-2/h3-13H,14H2,1-2H3,(H,23,25). The highest BCUT2D eigenvalue weighted by molar-refractivity contribution is 5.95. The molecule has 148 valence electrons. The Morgan fingerprint density at radius 2 is 1.72 bits per heavy atom. The largest absolute Gasteiger partial charge is 0.493 e. The first-order valence-electron chi connectivity index (χ1n) is 8.91. The SMILES string of the molecule is COc1ccccc1Oc1ccc(CNC(=O)c2ccc([N+](=O)[O-])cc2C)cc1. The fourth-order valence-electron chi connectivity index (χ4n) is 2.80. The molecule has 1 N–H and O–H groups in total. The maximum atomic E-state index is 12.4. The van der Waals surface area contributed by atoms with E-state index in [0.29, 0.717) is 34.9 Å². The van der Waals surface area contributed by atoms with Crippen LogP contribution in [-0.2, 0) is 6.54 Å². The van der Waals surface area contributed by atoms with Crippen LogP contribution in [0.3, 0.4) is 0 Å². The summed E-state index contributed by atoms with van der Waals surface area (Å²) in [7, 11) is 1.58. The van der Waals surface area contributed by atoms with Gasteiger partial charge >= 0.3 is 0 Å². The fourth-order valence-corrected chi connectivity index (χ4v) is 2.80. The van der Waals surface area contributed by atoms with Gasteiger partial charge in [0.05, 0.1) is 12.0 Å². The number of carbonyl (C=O) groups excluding carboxylic acids is 1. The number of nitrogens with one attached hydrogen (secondary N) is 1. The molecule has 0 atom stereocenters. The normalized spacial score (nSPS) is 10.3. The van der Waals surface area contributed by atoms with E-state index in [1.807, 2.05) is 48.5 Å². The number of hydrogen-bond donors (Lipinski definition) is 1. The van der Waals surface area contributed by atoms with Crippen molar-refractivity contribution in [2.75, 3.05) is 7.11 Å². The van der Waals surface area contributed by atoms with E-state index in [1.54, 1.807) is 14.0 Å². The van der Waals surface area contributed by atoms with Gasteiger partial charge in [0.2, 0.25) is 0 Å². The highest BCUT2D eigenvalue weighted by Gasteiger charge is 2.13. The molecule has 3 aromatic carbocycles. The number of para-hydroxylation sites is 2. The lowest BCUT2D eigenvalue weighted by molar-refractivity contribution is -0.384. The van der Waals surface area contributed by atoms with Crippen LogP contribution in [0.5, 0.6) is 17.2 Å². The van der Waals surface area contributed by atoms with Crippen molar-refractivity contribution in [3.63, 3.8) is 0 Å². The van der Waals surface area contributed by atoms with Crippen molar-refractivity contribution >= 4 is 11.6 Å². The first-order valence-corrected chi connectivity index (χ1v) is 8.91. The molecule has 0 aliphatic rings. The molecule has 0 spiro atoms. The van der Waals surface area contributed by atoms with Gasteiger partial charge in [-0.25, -0.2) is 0 Å². The molecule has 0 bridgehead atoms. The summed E-state index contributed by atoms with van der Waals surface area (Å²) >= 11 is 0. The Morgan fingerprint density at radius 1 is 1.03 bits per heavy atom. The van der Waals surface area contributed by atoms with E-state index in [4.69, 9.17) is 9.47 Å². The van der Waals surface area contributed by atoms with Gasteiger partial charge in [-0.3, -0.25) is 14.9 Å². The predicted octanol–water partition coefficient (Wildman–Crippen LogP) is 4.63. The number of ether oxygens (including phenoxy) is 2. The van der Waals surface area contributed by atoms with Gasteiger partial charge in [-0.2, -0.15) is 0 Å². The van der Waals surface area contributed by atoms with Crippen LogP contribution in [-0.4, -0.2) is 17.9 Å². The Labute approximate surface area is 168 Å². The van der Waals surface area contributed by atoms with E-state index >= 15 is 0 Å². The van der Waals surface area contributed by atoms with Gasteiger partial charge in [-0.1, -0.05) is 24.3 Å². The molecule has 0 unspecified atom stereocenters. The third kappa shape index (κ3) is 4.90. The van der Waals surface area contributed by atoms with E-state index in [0.717, 1.165) is 5.56 Å². The first-order chi connectivity index (χ1) is 14.0. The number of hydrogen-bond acceptors (Lipinski definition) is 5. The van der Waals surface area contributed by atoms with Gasteiger partial charge in [-0.05, 0) is 48.4 Å². The molecular weight excluding hydrogens is 372 g/mol. The Morgan fingerprint density at radius 3 is 2.34 bits per heavy atom. The summed E-state index contributed by atoms with van der Waals surface area (Å²) in [6, 6.07) is 18.9. The summed E-state index contributed by atoms with van der Waals surface area (Å²) in [5.41, 5.74) is 1.82. The van der Waals surface area contributed by atoms with Gasteiger partial charge in [0.1, 0.15) is 5.75 Å². The van der Waals surface area contributed by atoms with Gasteiger partial charge in [-0.15, -0.1) is 0 Å². The summed E-state index contributed by atoms with van der Waals surface area (Å²) in [6.45, 7) is 2.00. The molecule has 1 amide bonds. The second-order valence-corrected chi connectivity index (χ2v) is 6.34. The van der Waals surface area contributed by atoms with Gasteiger partial charge < -0.3 is 14.8 Å². The third-order valence-electron chi connectivity index (χ3n) is 4.34. The van der Waals surface area contributed by atoms with Crippen molar-refractivity contribution in [1.82, 2.24) is 5.32 Å². The zero-order valence-electron chi connectivity index (χ0n) is 16.0. The number of nitrogens with zero attached hydrogens (tertiary/aromatic N) is 1. The summed E-state index contributed by atoms with van der Waals surface area (Å²) in [4.78, 5) is 22.7. The topological polar surface area (TPSA) is 90.7 Å². The van der Waals surface area contributed by atoms with Crippen molar-refractivity contribution in [1.29, 1.82) is 0 Å². The lowest BCUT2D eigenvalue weighted by Crippen LogP contribution is -2.23. The van der Waals surface area contributed by atoms with Crippen LogP contribution < -0.4 is 14.8 Å². The molecule has 7 nitrogen and oxygen atoms in total. The number of carbonyl (C=O) groups is 1. The molecule has 3 aromatic rings. The highest BCUT2D eigenvalue weighted by atomic mass is 16.6. The highest BCUT2D eigenvalue weighted by Crippen LogP contribution is 2.30. The molecule has 0 radical (unpaired) electrons. The Bertz CT molecular complexity index is 1030. The minimum absolute atomic E-state index is 0.0373. The number of amides is 1. The Kier molecular flexibility index (Phi) is 6.09. The van der Waals surface area contributed by atoms with Gasteiger partial charge in [0.15, 0.2) is 11.5 Å². The van der Waals surface area contributed by atoms with Gasteiger partial charge in [0.25, 0.3) is 11.6 Å². The summed E-state index contributed by atoms with van der Waals surface area (Å²) in [5.74, 6) is 1.62. The molecule has 0 fully saturated rings. The Balaban J connectivity index is 1.61. The average Bonchev–Trinajstić information content (AvgIpc) is 2.73. The minimum Gasteiger partial charge on any atom is -0.493 e. The molecular formula is C22H20N2O5. The number of methoxy groups -OCH3 is 1. The lowest BCUT2D eigenvalue weighted by atomic mass is 10.1. The molecule has 0 aromatic heterocycles. The van der Waals surface area contributed by atoms with Crippen LogP contribution in [0.25, 0.3) is 0 Å². The third-order valence-corrected chi connectivity index (χ3v) is 4.34. The van der Waals surface area contributed by atoms with E-state index in [-0.39, 0.29) is 11.6 Å². The summed E-state index contributed by atoms with van der Waals surface area (Å²) in [6.07, 6.45) is 0. The van der Waals surface area contributed by atoms with Crippen LogP contribution in [0, 0.1) is 17.0 Å². The number of rotatable bonds is 7. The first kappa shape index (κ1) is 19.9. The second kappa shape index (κ2) is 8.88. The predicted molar refractivity (Wildman–Crippen MR) is 109 cm³/mol. The molecule has 0 saturated heterocycles. The lowest BCUT2D eigenvalue weighted by Gasteiger charge is -2.11. The van der Waals surface area contributed by atoms with Crippen LogP contribution in [0.2, 0.25) is 0 Å². The molecule has 0 aliphatic heterocycles. The van der Waals surface area contributed by atoms with Crippen molar-refractivity contribution in [3.05, 3.63) is 93.5 Å². The minimum atomic E-state index is -0.483. The van der Waals surface area contributed by atoms with Crippen molar-refractivity contribution in [2.45, 2.75) is 13.5 Å². The smallest absolute Gasteiger partial charge is 0.269 e. The van der Waals surface area contributed by atoms with Gasteiger partial charge in [0, 0.05) is 24.2 Å². The maximum Gasteiger partial charge on any atom is 0.269 e. The molecule has 0 heterocycles. The number of nitro benzene ring substituents is 1. The van der Waals surface area contributed by atoms with Crippen LogP contribution in [0.1, 0.15) is 21.5 Å². The number of nitro groups is 1. The zero-order chi connectivity index (χ0) is 20.8. The molecule has 0 aliphatic carbocycles. The van der Waals surface area contributed by atoms with E-state index in [2.05, 4.69) is 5.32 Å². The van der Waals surface area contributed by atoms with Crippen LogP contribution >= 0.6 is 0 Å². The molecule has 3 rings (SSSR count). The second-order valence-electron chi connectivity index (χ2n) is 6.34. The van der Waals surface area contributed by atoms with Crippen LogP contribution in [0.15, 0.2) is 66.7 Å². The summed E-state index contributed by atoms with van der Waals surface area (Å²) in [5, 5.41) is 13.6. The monoisotopic (exact) mass is 392 g/mol. The van der Waals surface area contributed by atoms with E-state index in [1.165, 1.54) is 18.2 Å². The molecule has 7 heteroatoms. The van der Waals surface area contributed by atoms with Crippen molar-refractivity contribution < 1.29 is 19.2 Å². The fraction of sp³-hybridized carbons (Fsp3) is 0.136. The Hall–Kier alpha value is -3.87.